The van der Waals surface area contributed by atoms with Crippen molar-refractivity contribution in [1.82, 2.24) is 0 Å². The lowest BCUT2D eigenvalue weighted by molar-refractivity contribution is -0.127. The molecule has 1 atom stereocenters. The molecule has 1 saturated carbocycles. The number of Topliss-reactive ketones (excluding diaryl/α,β-unsaturated/α-hetero) is 3. The normalized spacial score (nSPS) is 21.0. The zero-order valence-electron chi connectivity index (χ0n) is 12.6. The molecule has 0 aromatic heterocycles. The predicted molar refractivity (Wildman–Crippen MR) is 87.2 cm³/mol. The maximum Gasteiger partial charge on any atom is 0.200 e. The lowest BCUT2D eigenvalue weighted by Crippen LogP contribution is -2.35. The third-order valence-electron chi connectivity index (χ3n) is 4.27. The van der Waals surface area contributed by atoms with E-state index in [4.69, 9.17) is 0 Å². The van der Waals surface area contributed by atoms with Crippen LogP contribution >= 0.6 is 11.8 Å². The molecule has 0 N–H and O–H groups in total. The molecule has 4 heteroatoms. The Labute approximate surface area is 134 Å². The van der Waals surface area contributed by atoms with Gasteiger partial charge in [0.15, 0.2) is 5.78 Å². The highest BCUT2D eigenvalue weighted by molar-refractivity contribution is 8.04. The number of allylic oxidation sites excluding steroid dienone is 2. The van der Waals surface area contributed by atoms with Gasteiger partial charge in [0.25, 0.3) is 0 Å². The molecule has 3 rings (SSSR count). The summed E-state index contributed by atoms with van der Waals surface area (Å²) in [4.78, 5) is 38.0. The van der Waals surface area contributed by atoms with Crippen LogP contribution in [0.1, 0.15) is 53.3 Å². The molecular weight excluding hydrogens is 296 g/mol. The minimum Gasteiger partial charge on any atom is -0.299 e. The molecule has 0 radical (unpaired) electrons. The largest absolute Gasteiger partial charge is 0.299 e. The van der Waals surface area contributed by atoms with Crippen LogP contribution in [0.15, 0.2) is 34.7 Å². The van der Waals surface area contributed by atoms with Gasteiger partial charge in [-0.15, -0.1) is 11.8 Å². The Bertz CT molecular complexity index is 687. The monoisotopic (exact) mass is 314 g/mol. The smallest absolute Gasteiger partial charge is 0.200 e. The van der Waals surface area contributed by atoms with Crippen molar-refractivity contribution in [2.45, 2.75) is 32.6 Å². The molecule has 0 bridgehead atoms. The number of benzene rings is 1. The van der Waals surface area contributed by atoms with E-state index in [0.717, 1.165) is 18.6 Å². The molecule has 1 unspecified atom stereocenters. The number of hydrogen-bond donors (Lipinski definition) is 0. The molecule has 0 spiro atoms. The van der Waals surface area contributed by atoms with Crippen molar-refractivity contribution in [3.05, 3.63) is 45.9 Å². The molecule has 2 aliphatic carbocycles. The first-order valence-electron chi connectivity index (χ1n) is 7.73. The van der Waals surface area contributed by atoms with Crippen LogP contribution in [-0.4, -0.2) is 23.1 Å². The first-order chi connectivity index (χ1) is 10.6. The molecule has 1 fully saturated rings. The fourth-order valence-electron chi connectivity index (χ4n) is 2.86. The Morgan fingerprint density at radius 3 is 2.32 bits per heavy atom. The number of unbranched alkanes of at least 4 members (excludes halogenated alkanes) is 1. The molecule has 0 saturated heterocycles. The summed E-state index contributed by atoms with van der Waals surface area (Å²) in [6.07, 6.45) is 3.23. The lowest BCUT2D eigenvalue weighted by atomic mass is 9.73. The number of thioether (sulfide) groups is 1. The van der Waals surface area contributed by atoms with Crippen molar-refractivity contribution in [3.8, 4) is 0 Å². The first kappa shape index (κ1) is 15.2. The Morgan fingerprint density at radius 2 is 1.77 bits per heavy atom. The summed E-state index contributed by atoms with van der Waals surface area (Å²) in [6.45, 7) is 2.09. The molecule has 3 nitrogen and oxygen atoms in total. The third-order valence-corrected chi connectivity index (χ3v) is 5.46. The lowest BCUT2D eigenvalue weighted by Gasteiger charge is -2.30. The zero-order chi connectivity index (χ0) is 15.7. The fourth-order valence-corrected chi connectivity index (χ4v) is 4.13. The minimum absolute atomic E-state index is 0.0872. The highest BCUT2D eigenvalue weighted by atomic mass is 32.2. The Hall–Kier alpha value is -1.68. The van der Waals surface area contributed by atoms with Gasteiger partial charge >= 0.3 is 0 Å². The van der Waals surface area contributed by atoms with E-state index in [1.807, 2.05) is 0 Å². The molecular formula is C18H18O3S. The molecule has 1 aromatic carbocycles. The highest BCUT2D eigenvalue weighted by Gasteiger charge is 2.42. The predicted octanol–water partition coefficient (Wildman–Crippen LogP) is 3.83. The quantitative estimate of drug-likeness (QED) is 0.775. The summed E-state index contributed by atoms with van der Waals surface area (Å²) in [5.74, 6) is 0.300. The van der Waals surface area contributed by atoms with E-state index in [2.05, 4.69) is 6.92 Å². The molecule has 1 aromatic rings. The van der Waals surface area contributed by atoms with Gasteiger partial charge in [-0.05, 0) is 18.6 Å². The number of ketones is 3. The molecule has 0 aliphatic heterocycles. The highest BCUT2D eigenvalue weighted by Crippen LogP contribution is 2.41. The van der Waals surface area contributed by atoms with Crippen LogP contribution in [0.5, 0.6) is 0 Å². The van der Waals surface area contributed by atoms with E-state index in [9.17, 15) is 14.4 Å². The van der Waals surface area contributed by atoms with E-state index in [1.165, 1.54) is 11.8 Å². The molecule has 114 valence electrons. The van der Waals surface area contributed by atoms with E-state index in [1.54, 1.807) is 24.3 Å². The fraction of sp³-hybridized carbons (Fsp3) is 0.389. The van der Waals surface area contributed by atoms with Crippen LogP contribution in [-0.2, 0) is 4.79 Å². The van der Waals surface area contributed by atoms with Gasteiger partial charge in [-0.3, -0.25) is 14.4 Å². The van der Waals surface area contributed by atoms with Gasteiger partial charge in [-0.25, -0.2) is 0 Å². The van der Waals surface area contributed by atoms with Crippen molar-refractivity contribution in [1.29, 1.82) is 0 Å². The van der Waals surface area contributed by atoms with Crippen LogP contribution in [0, 0.1) is 5.92 Å². The van der Waals surface area contributed by atoms with Gasteiger partial charge in [0.05, 0.1) is 4.91 Å². The number of carbonyl (C=O) groups is 3. The average Bonchev–Trinajstić information content (AvgIpc) is 2.53. The second-order valence-corrected chi connectivity index (χ2v) is 6.81. The van der Waals surface area contributed by atoms with Crippen LogP contribution in [0.25, 0.3) is 0 Å². The van der Waals surface area contributed by atoms with Crippen LogP contribution in [0.4, 0.5) is 0 Å². The van der Waals surface area contributed by atoms with Crippen LogP contribution in [0.2, 0.25) is 0 Å². The minimum atomic E-state index is -0.367. The van der Waals surface area contributed by atoms with Crippen molar-refractivity contribution >= 4 is 29.1 Å². The van der Waals surface area contributed by atoms with Crippen molar-refractivity contribution in [2.75, 3.05) is 5.75 Å². The summed E-state index contributed by atoms with van der Waals surface area (Å²) in [5, 5.41) is 0. The number of rotatable bonds is 5. The maximum atomic E-state index is 12.8. The standard InChI is InChI=1S/C18H18O3S/c1-2-3-10-22-18-15(13-8-9-14(13)19)16(20)11-6-4-5-7-12(11)17(18)21/h4-7,13H,2-3,8-10H2,1H3. The summed E-state index contributed by atoms with van der Waals surface area (Å²) in [7, 11) is 0. The van der Waals surface area contributed by atoms with Crippen LogP contribution < -0.4 is 0 Å². The zero-order valence-corrected chi connectivity index (χ0v) is 13.4. The summed E-state index contributed by atoms with van der Waals surface area (Å²) in [6, 6.07) is 6.93. The summed E-state index contributed by atoms with van der Waals surface area (Å²) < 4.78 is 0. The van der Waals surface area contributed by atoms with E-state index >= 15 is 0 Å². The second kappa shape index (κ2) is 6.21. The van der Waals surface area contributed by atoms with E-state index < -0.39 is 0 Å². The number of carbonyl (C=O) groups excluding carboxylic acids is 3. The van der Waals surface area contributed by atoms with E-state index in [0.29, 0.717) is 34.4 Å². The van der Waals surface area contributed by atoms with E-state index in [-0.39, 0.29) is 23.3 Å². The Balaban J connectivity index is 2.04. The Kier molecular flexibility index (Phi) is 4.30. The van der Waals surface area contributed by atoms with Gasteiger partial charge in [-0.2, -0.15) is 0 Å². The van der Waals surface area contributed by atoms with Crippen molar-refractivity contribution in [2.24, 2.45) is 5.92 Å². The van der Waals surface area contributed by atoms with Gasteiger partial charge in [-0.1, -0.05) is 37.6 Å². The first-order valence-corrected chi connectivity index (χ1v) is 8.71. The second-order valence-electron chi connectivity index (χ2n) is 5.71. The van der Waals surface area contributed by atoms with Crippen molar-refractivity contribution < 1.29 is 14.4 Å². The molecule has 22 heavy (non-hydrogen) atoms. The molecule has 0 amide bonds. The maximum absolute atomic E-state index is 12.8. The summed E-state index contributed by atoms with van der Waals surface area (Å²) in [5.41, 5.74) is 1.38. The third kappa shape index (κ3) is 2.45. The van der Waals surface area contributed by atoms with Crippen molar-refractivity contribution in [3.63, 3.8) is 0 Å². The Morgan fingerprint density at radius 1 is 1.09 bits per heavy atom. The van der Waals surface area contributed by atoms with Gasteiger partial charge in [0.1, 0.15) is 5.78 Å². The number of hydrogen-bond acceptors (Lipinski definition) is 4. The SMILES string of the molecule is CCCCSC1=C(C2CCC2=O)C(=O)c2ccccc2C1=O. The average molecular weight is 314 g/mol. The summed E-state index contributed by atoms with van der Waals surface area (Å²) >= 11 is 1.44. The number of fused-ring (bicyclic) bond motifs is 1. The molecule has 0 heterocycles. The topological polar surface area (TPSA) is 51.2 Å². The van der Waals surface area contributed by atoms with Crippen LogP contribution in [0.3, 0.4) is 0 Å². The van der Waals surface area contributed by atoms with Gasteiger partial charge in [0, 0.05) is 29.0 Å². The van der Waals surface area contributed by atoms with Gasteiger partial charge in [0.2, 0.25) is 5.78 Å². The molecule has 2 aliphatic rings. The van der Waals surface area contributed by atoms with Gasteiger partial charge < -0.3 is 0 Å².